The van der Waals surface area contributed by atoms with Crippen molar-refractivity contribution in [3.63, 3.8) is 0 Å². The average Bonchev–Trinajstić information content (AvgIpc) is 3.39. The highest BCUT2D eigenvalue weighted by Crippen LogP contribution is 2.33. The lowest BCUT2D eigenvalue weighted by molar-refractivity contribution is -0.0907. The van der Waals surface area contributed by atoms with E-state index in [-0.39, 0.29) is 16.4 Å². The predicted molar refractivity (Wildman–Crippen MR) is 142 cm³/mol. The van der Waals surface area contributed by atoms with Gasteiger partial charge in [-0.15, -0.1) is 0 Å². The van der Waals surface area contributed by atoms with Gasteiger partial charge in [-0.1, -0.05) is 44.0 Å². The van der Waals surface area contributed by atoms with Crippen LogP contribution in [0.2, 0.25) is 0 Å². The van der Waals surface area contributed by atoms with Gasteiger partial charge in [0, 0.05) is 35.2 Å². The standard InChI is InChI=1S/C27H37N3O7S/c1-18(2)15-30(38(33,34)21-10-8-20(28)9-11-21)16-24(31)23(14-19-6-4-3-5-7-19)29-27(32)37-25-17-36-26-22(25)12-13-35-26/h3-11,18,22-26,31H,12-17,28H2,1-2H3,(H,29,32)/t22-,23-,24+,25-,26+/m0/s1/i1D3,2D3,12D2,13D2,15D2,18D,22D. The van der Waals surface area contributed by atoms with Crippen LogP contribution in [-0.4, -0.2) is 74.7 Å². The second kappa shape index (κ2) is 12.4. The fourth-order valence-electron chi connectivity index (χ4n) is 3.84. The van der Waals surface area contributed by atoms with E-state index in [0.29, 0.717) is 5.56 Å². The highest BCUT2D eigenvalue weighted by atomic mass is 32.2. The van der Waals surface area contributed by atoms with E-state index in [1.807, 2.05) is 0 Å². The average molecular weight is 562 g/mol. The van der Waals surface area contributed by atoms with Crippen LogP contribution in [0.25, 0.3) is 0 Å². The van der Waals surface area contributed by atoms with Gasteiger partial charge in [0.15, 0.2) is 6.29 Å². The Labute approximate surface area is 243 Å². The predicted octanol–water partition coefficient (Wildman–Crippen LogP) is 2.38. The molecule has 208 valence electrons. The van der Waals surface area contributed by atoms with E-state index >= 15 is 0 Å². The molecule has 2 heterocycles. The van der Waals surface area contributed by atoms with Gasteiger partial charge in [0.25, 0.3) is 0 Å². The number of nitrogens with two attached hydrogens (primary N) is 1. The van der Waals surface area contributed by atoms with Crippen LogP contribution in [0.5, 0.6) is 0 Å². The molecule has 2 aromatic carbocycles. The Bertz CT molecular complexity index is 1700. The minimum atomic E-state index is -5.32. The monoisotopic (exact) mass is 561 g/mol. The summed E-state index contributed by atoms with van der Waals surface area (Å²) in [6.07, 6.45) is -10.6. The maximum absolute atomic E-state index is 14.1. The smallest absolute Gasteiger partial charge is 0.407 e. The van der Waals surface area contributed by atoms with Crippen LogP contribution in [0.1, 0.15) is 44.8 Å². The number of amides is 1. The van der Waals surface area contributed by atoms with E-state index in [1.54, 1.807) is 18.2 Å². The van der Waals surface area contributed by atoms with Crippen molar-refractivity contribution < 1.29 is 51.7 Å². The van der Waals surface area contributed by atoms with Gasteiger partial charge >= 0.3 is 6.09 Å². The van der Waals surface area contributed by atoms with Crippen molar-refractivity contribution >= 4 is 21.8 Å². The fraction of sp³-hybridized carbons (Fsp3) is 0.519. The van der Waals surface area contributed by atoms with Crippen LogP contribution in [0.4, 0.5) is 10.5 Å². The van der Waals surface area contributed by atoms with Crippen LogP contribution in [0, 0.1) is 11.8 Å². The number of nitrogens with one attached hydrogen (secondary N) is 1. The van der Waals surface area contributed by atoms with Crippen molar-refractivity contribution in [3.8, 4) is 0 Å². The number of aliphatic hydroxyl groups excluding tert-OH is 1. The number of rotatable bonds is 11. The van der Waals surface area contributed by atoms with Crippen molar-refractivity contribution in [1.29, 1.82) is 0 Å². The summed E-state index contributed by atoms with van der Waals surface area (Å²) in [5, 5.41) is 13.9. The Morgan fingerprint density at radius 1 is 1.32 bits per heavy atom. The number of ether oxygens (including phenoxy) is 3. The van der Waals surface area contributed by atoms with Crippen molar-refractivity contribution in [1.82, 2.24) is 9.62 Å². The summed E-state index contributed by atoms with van der Waals surface area (Å²) < 4.78 is 157. The molecule has 0 aliphatic carbocycles. The lowest BCUT2D eigenvalue weighted by Gasteiger charge is -2.31. The van der Waals surface area contributed by atoms with Gasteiger partial charge in [-0.05, 0) is 48.5 Å². The van der Waals surface area contributed by atoms with Crippen LogP contribution in [0.15, 0.2) is 59.5 Å². The number of sulfonamides is 1. The maximum atomic E-state index is 14.1. The number of aliphatic hydroxyl groups is 1. The Morgan fingerprint density at radius 3 is 2.76 bits per heavy atom. The Balaban J connectivity index is 1.75. The molecule has 0 radical (unpaired) electrons. The Morgan fingerprint density at radius 2 is 2.05 bits per heavy atom. The van der Waals surface area contributed by atoms with E-state index in [9.17, 15) is 18.3 Å². The zero-order chi connectivity index (χ0) is 39.5. The number of carbonyl (C=O) groups is 1. The SMILES string of the molecule is [2H]C([2H])([2H])C([2H])(C([2H])([2H])[2H])C([2H])([2H])N(C[C@@H](O)[C@H](Cc1ccccc1)NC(=O)O[C@H]1CO[C@H]2OC([2H])([2H])C([2H])([2H])[C@]21[2H])S(=O)(=O)c1ccc(N)cc1. The first-order valence-corrected chi connectivity index (χ1v) is 12.9. The normalized spacial score (nSPS) is 34.2. The number of benzene rings is 2. The molecule has 0 aromatic heterocycles. The lowest BCUT2D eigenvalue weighted by atomic mass is 10.0. The number of nitrogens with zero attached hydrogens (tertiary/aromatic N) is 1. The molecule has 2 saturated heterocycles. The van der Waals surface area contributed by atoms with Crippen molar-refractivity contribution in [2.24, 2.45) is 11.8 Å². The molecule has 38 heavy (non-hydrogen) atoms. The number of anilines is 1. The molecule has 2 aliphatic rings. The zero-order valence-electron chi connectivity index (χ0n) is 34.0. The molecule has 2 fully saturated rings. The van der Waals surface area contributed by atoms with Crippen LogP contribution >= 0.6 is 0 Å². The van der Waals surface area contributed by atoms with E-state index in [0.717, 1.165) is 24.3 Å². The summed E-state index contributed by atoms with van der Waals surface area (Å²) in [5.74, 6) is -6.76. The number of hydrogen-bond donors (Lipinski definition) is 3. The van der Waals surface area contributed by atoms with Gasteiger partial charge in [0.05, 0.1) is 38.8 Å². The summed E-state index contributed by atoms with van der Waals surface area (Å²) in [6, 6.07) is 10.2. The first kappa shape index (κ1) is 15.2. The molecule has 0 bridgehead atoms. The molecule has 0 saturated carbocycles. The molecule has 0 unspecified atom stereocenters. The first-order chi connectivity index (χ1) is 23.6. The van der Waals surface area contributed by atoms with Crippen LogP contribution in [-0.2, 0) is 30.7 Å². The number of nitrogen functional groups attached to an aromatic ring is 1. The quantitative estimate of drug-likeness (QED) is 0.355. The third-order valence-electron chi connectivity index (χ3n) is 5.73. The summed E-state index contributed by atoms with van der Waals surface area (Å²) in [7, 11) is -5.32. The van der Waals surface area contributed by atoms with Gasteiger partial charge in [-0.25, -0.2) is 13.2 Å². The summed E-state index contributed by atoms with van der Waals surface area (Å²) in [4.78, 5) is 12.6. The first-order valence-electron chi connectivity index (χ1n) is 18.4. The molecule has 5 atom stereocenters. The summed E-state index contributed by atoms with van der Waals surface area (Å²) >= 11 is 0. The summed E-state index contributed by atoms with van der Waals surface area (Å²) in [5.41, 5.74) is 6.13. The molecule has 0 spiro atoms. The van der Waals surface area contributed by atoms with E-state index in [1.165, 1.54) is 12.1 Å². The van der Waals surface area contributed by atoms with Gasteiger partial charge in [0.1, 0.15) is 6.10 Å². The third-order valence-corrected chi connectivity index (χ3v) is 7.42. The maximum Gasteiger partial charge on any atom is 0.407 e. The second-order valence-electron chi connectivity index (χ2n) is 8.46. The lowest BCUT2D eigenvalue weighted by Crippen LogP contribution is -2.51. The molecule has 10 nitrogen and oxygen atoms in total. The number of hydrogen-bond acceptors (Lipinski definition) is 8. The molecule has 2 aromatic rings. The van der Waals surface area contributed by atoms with Crippen molar-refractivity contribution in [2.75, 3.05) is 31.9 Å². The van der Waals surface area contributed by atoms with Gasteiger partial charge < -0.3 is 30.4 Å². The highest BCUT2D eigenvalue weighted by Gasteiger charge is 2.44. The van der Waals surface area contributed by atoms with E-state index < -0.39 is 104 Å². The molecular formula is C27H37N3O7S. The largest absolute Gasteiger partial charge is 0.443 e. The number of alkyl carbamates (subject to hydrolysis) is 1. The Kier molecular flexibility index (Phi) is 4.97. The van der Waals surface area contributed by atoms with Crippen molar-refractivity contribution in [2.45, 2.75) is 55.9 Å². The molecule has 1 amide bonds. The van der Waals surface area contributed by atoms with Gasteiger partial charge in [-0.2, -0.15) is 4.31 Å². The highest BCUT2D eigenvalue weighted by molar-refractivity contribution is 7.89. The van der Waals surface area contributed by atoms with Crippen molar-refractivity contribution in [3.05, 3.63) is 60.2 Å². The molecule has 4 rings (SSSR count). The molecule has 2 aliphatic heterocycles. The number of carbonyl (C=O) groups excluding carboxylic acids is 1. The zero-order valence-corrected chi connectivity index (χ0v) is 20.8. The van der Waals surface area contributed by atoms with Gasteiger partial charge in [0.2, 0.25) is 10.0 Å². The second-order valence-corrected chi connectivity index (χ2v) is 10.3. The topological polar surface area (TPSA) is 140 Å². The summed E-state index contributed by atoms with van der Waals surface area (Å²) in [6.45, 7) is -17.1. The van der Waals surface area contributed by atoms with Gasteiger partial charge in [-0.3, -0.25) is 0 Å². The van der Waals surface area contributed by atoms with E-state index in [4.69, 9.17) is 39.1 Å². The molecule has 11 heteroatoms. The van der Waals surface area contributed by atoms with Crippen LogP contribution in [0.3, 0.4) is 0 Å². The van der Waals surface area contributed by atoms with Crippen LogP contribution < -0.4 is 11.1 Å². The minimum absolute atomic E-state index is 0.0702. The molecule has 4 N–H and O–H groups in total. The minimum Gasteiger partial charge on any atom is -0.443 e. The Hall–Kier alpha value is -2.70. The third kappa shape index (κ3) is 7.03. The fourth-order valence-corrected chi connectivity index (χ4v) is 5.14. The molecular weight excluding hydrogens is 510 g/mol. The number of fused-ring (bicyclic) bond motifs is 1. The van der Waals surface area contributed by atoms with E-state index in [2.05, 4.69) is 5.32 Å².